The van der Waals surface area contributed by atoms with Crippen LogP contribution in [0.15, 0.2) is 69.9 Å². The molecule has 132 valence electrons. The summed E-state index contributed by atoms with van der Waals surface area (Å²) in [6.07, 6.45) is 3.14. The highest BCUT2D eigenvalue weighted by atomic mass is 16.5. The predicted molar refractivity (Wildman–Crippen MR) is 97.0 cm³/mol. The maximum Gasteiger partial charge on any atom is 0.342 e. The van der Waals surface area contributed by atoms with Gasteiger partial charge in [-0.3, -0.25) is 5.21 Å². The van der Waals surface area contributed by atoms with Crippen LogP contribution in [-0.4, -0.2) is 23.3 Å². The van der Waals surface area contributed by atoms with Gasteiger partial charge in [-0.05, 0) is 19.1 Å². The van der Waals surface area contributed by atoms with Crippen LogP contribution in [0.3, 0.4) is 0 Å². The van der Waals surface area contributed by atoms with Gasteiger partial charge in [0.25, 0.3) is 0 Å². The van der Waals surface area contributed by atoms with Crippen molar-refractivity contribution in [3.05, 3.63) is 72.2 Å². The average molecular weight is 350 g/mol. The first kappa shape index (κ1) is 16.2. The van der Waals surface area contributed by atoms with E-state index in [9.17, 15) is 10.0 Å². The predicted octanol–water partition coefficient (Wildman–Crippen LogP) is 4.47. The number of nitrogens with zero attached hydrogens (tertiary/aromatic N) is 1. The standard InChI is InChI=1S/C20H18N2O4/c1-20(22(24)19(23)21-2,15-11-25-17-9-5-3-7-13(15)17)16-12-26-18-10-6-4-8-14(16)18/h3-12,24H,1-2H3,(H,21,23). The van der Waals surface area contributed by atoms with Crippen molar-refractivity contribution in [2.45, 2.75) is 12.5 Å². The first-order valence-corrected chi connectivity index (χ1v) is 8.21. The van der Waals surface area contributed by atoms with Gasteiger partial charge in [-0.1, -0.05) is 36.4 Å². The smallest absolute Gasteiger partial charge is 0.342 e. The SMILES string of the molecule is CNC(=O)N(O)C(C)(c1coc2ccccc12)c1coc2ccccc12. The molecule has 0 aliphatic carbocycles. The van der Waals surface area contributed by atoms with Crippen molar-refractivity contribution in [1.29, 1.82) is 0 Å². The molecule has 0 saturated heterocycles. The lowest BCUT2D eigenvalue weighted by molar-refractivity contribution is -0.107. The first-order valence-electron chi connectivity index (χ1n) is 8.21. The lowest BCUT2D eigenvalue weighted by Gasteiger charge is -2.35. The van der Waals surface area contributed by atoms with E-state index in [-0.39, 0.29) is 0 Å². The van der Waals surface area contributed by atoms with Gasteiger partial charge >= 0.3 is 6.03 Å². The lowest BCUT2D eigenvalue weighted by Crippen LogP contribution is -2.49. The molecule has 2 amide bonds. The molecule has 0 atom stereocenters. The Balaban J connectivity index is 2.03. The van der Waals surface area contributed by atoms with Gasteiger partial charge in [0.1, 0.15) is 16.7 Å². The van der Waals surface area contributed by atoms with Gasteiger partial charge in [0, 0.05) is 28.9 Å². The number of furan rings is 2. The number of urea groups is 1. The van der Waals surface area contributed by atoms with Crippen LogP contribution < -0.4 is 5.32 Å². The van der Waals surface area contributed by atoms with Crippen molar-refractivity contribution in [3.63, 3.8) is 0 Å². The molecule has 2 aromatic carbocycles. The Morgan fingerprint density at radius 1 is 0.962 bits per heavy atom. The van der Waals surface area contributed by atoms with Crippen molar-refractivity contribution in [1.82, 2.24) is 10.4 Å². The zero-order valence-electron chi connectivity index (χ0n) is 14.4. The van der Waals surface area contributed by atoms with Crippen LogP contribution in [0, 0.1) is 0 Å². The number of rotatable bonds is 3. The van der Waals surface area contributed by atoms with E-state index in [1.165, 1.54) is 7.05 Å². The Morgan fingerprint density at radius 2 is 1.42 bits per heavy atom. The number of hydrogen-bond donors (Lipinski definition) is 2. The lowest BCUT2D eigenvalue weighted by atomic mass is 9.83. The highest BCUT2D eigenvalue weighted by Gasteiger charge is 2.43. The highest BCUT2D eigenvalue weighted by Crippen LogP contribution is 2.43. The minimum atomic E-state index is -1.22. The summed E-state index contributed by atoms with van der Waals surface area (Å²) >= 11 is 0. The molecular weight excluding hydrogens is 332 g/mol. The summed E-state index contributed by atoms with van der Waals surface area (Å²) in [6, 6.07) is 14.4. The number of para-hydroxylation sites is 2. The molecule has 6 nitrogen and oxygen atoms in total. The van der Waals surface area contributed by atoms with E-state index >= 15 is 0 Å². The van der Waals surface area contributed by atoms with Crippen molar-refractivity contribution >= 4 is 28.0 Å². The number of carbonyl (C=O) groups is 1. The molecule has 0 saturated carbocycles. The number of nitrogens with one attached hydrogen (secondary N) is 1. The minimum absolute atomic E-state index is 0.636. The topological polar surface area (TPSA) is 78.9 Å². The highest BCUT2D eigenvalue weighted by molar-refractivity contribution is 5.88. The summed E-state index contributed by atoms with van der Waals surface area (Å²) in [5.41, 5.74) is 1.44. The Kier molecular flexibility index (Phi) is 3.70. The number of carbonyl (C=O) groups excluding carboxylic acids is 1. The Morgan fingerprint density at radius 3 is 1.88 bits per heavy atom. The first-order chi connectivity index (χ1) is 12.6. The Bertz CT molecular complexity index is 1020. The molecule has 2 N–H and O–H groups in total. The second kappa shape index (κ2) is 5.93. The number of hydrogen-bond acceptors (Lipinski definition) is 4. The molecule has 2 aromatic heterocycles. The minimum Gasteiger partial charge on any atom is -0.464 e. The normalized spacial score (nSPS) is 11.8. The van der Waals surface area contributed by atoms with E-state index in [2.05, 4.69) is 5.32 Å². The second-order valence-corrected chi connectivity index (χ2v) is 6.23. The van der Waals surface area contributed by atoms with Crippen LogP contribution in [0.4, 0.5) is 4.79 Å². The van der Waals surface area contributed by atoms with Crippen LogP contribution in [0.2, 0.25) is 0 Å². The zero-order chi connectivity index (χ0) is 18.3. The van der Waals surface area contributed by atoms with E-state index in [0.717, 1.165) is 10.8 Å². The fourth-order valence-corrected chi connectivity index (χ4v) is 3.39. The zero-order valence-corrected chi connectivity index (χ0v) is 14.4. The third-order valence-corrected chi connectivity index (χ3v) is 4.84. The van der Waals surface area contributed by atoms with Gasteiger partial charge < -0.3 is 14.2 Å². The van der Waals surface area contributed by atoms with E-state index in [4.69, 9.17) is 8.83 Å². The second-order valence-electron chi connectivity index (χ2n) is 6.23. The molecule has 0 spiro atoms. The molecule has 0 radical (unpaired) electrons. The van der Waals surface area contributed by atoms with Gasteiger partial charge in [0.15, 0.2) is 0 Å². The quantitative estimate of drug-likeness (QED) is 0.422. The van der Waals surface area contributed by atoms with Crippen LogP contribution in [0.25, 0.3) is 21.9 Å². The van der Waals surface area contributed by atoms with E-state index in [1.54, 1.807) is 19.5 Å². The largest absolute Gasteiger partial charge is 0.464 e. The van der Waals surface area contributed by atoms with Crippen molar-refractivity contribution in [3.8, 4) is 0 Å². The Hall–Kier alpha value is -3.25. The number of hydroxylamine groups is 2. The van der Waals surface area contributed by atoms with Crippen molar-refractivity contribution in [2.75, 3.05) is 7.05 Å². The van der Waals surface area contributed by atoms with Gasteiger partial charge in [-0.2, -0.15) is 5.06 Å². The summed E-state index contributed by atoms with van der Waals surface area (Å²) in [5, 5.41) is 15.6. The average Bonchev–Trinajstić information content (AvgIpc) is 3.31. The molecule has 0 unspecified atom stereocenters. The van der Waals surface area contributed by atoms with Crippen LogP contribution >= 0.6 is 0 Å². The van der Waals surface area contributed by atoms with Crippen molar-refractivity contribution in [2.24, 2.45) is 0 Å². The fourth-order valence-electron chi connectivity index (χ4n) is 3.39. The monoisotopic (exact) mass is 350 g/mol. The number of amides is 2. The van der Waals surface area contributed by atoms with Gasteiger partial charge in [-0.25, -0.2) is 4.79 Å². The summed E-state index contributed by atoms with van der Waals surface area (Å²) in [6.45, 7) is 1.76. The number of fused-ring (bicyclic) bond motifs is 2. The molecule has 0 aliphatic heterocycles. The molecule has 2 heterocycles. The van der Waals surface area contributed by atoms with Gasteiger partial charge in [0.05, 0.1) is 12.5 Å². The van der Waals surface area contributed by atoms with E-state index < -0.39 is 11.6 Å². The van der Waals surface area contributed by atoms with E-state index in [0.29, 0.717) is 27.4 Å². The molecule has 4 aromatic rings. The summed E-state index contributed by atoms with van der Waals surface area (Å²) in [4.78, 5) is 12.3. The molecule has 0 bridgehead atoms. The summed E-state index contributed by atoms with van der Waals surface area (Å²) in [5.74, 6) is 0. The van der Waals surface area contributed by atoms with Crippen LogP contribution in [0.1, 0.15) is 18.1 Å². The molecule has 26 heavy (non-hydrogen) atoms. The third-order valence-electron chi connectivity index (χ3n) is 4.84. The third kappa shape index (κ3) is 2.19. The van der Waals surface area contributed by atoms with Gasteiger partial charge in [-0.15, -0.1) is 0 Å². The summed E-state index contributed by atoms with van der Waals surface area (Å²) in [7, 11) is 1.47. The molecule has 0 fully saturated rings. The Labute approximate surface area is 149 Å². The molecular formula is C20H18N2O4. The molecule has 4 rings (SSSR count). The molecule has 6 heteroatoms. The van der Waals surface area contributed by atoms with Crippen LogP contribution in [0.5, 0.6) is 0 Å². The van der Waals surface area contributed by atoms with Crippen molar-refractivity contribution < 1.29 is 18.8 Å². The number of benzene rings is 2. The maximum atomic E-state index is 12.3. The molecule has 0 aliphatic rings. The van der Waals surface area contributed by atoms with Gasteiger partial charge in [0.2, 0.25) is 0 Å². The van der Waals surface area contributed by atoms with Crippen LogP contribution in [-0.2, 0) is 5.54 Å². The maximum absolute atomic E-state index is 12.3. The van der Waals surface area contributed by atoms with E-state index in [1.807, 2.05) is 48.5 Å². The fraction of sp³-hybridized carbons (Fsp3) is 0.150. The summed E-state index contributed by atoms with van der Waals surface area (Å²) < 4.78 is 11.3.